The smallest absolute Gasteiger partial charge is 0.332 e. The molecule has 9 heteroatoms. The van der Waals surface area contributed by atoms with E-state index in [0.29, 0.717) is 25.4 Å². The number of barbiturate groups is 1. The molecule has 0 aromatic carbocycles. The van der Waals surface area contributed by atoms with Gasteiger partial charge in [-0.25, -0.2) is 4.79 Å². The molecule has 2 aromatic rings. The SMILES string of the molecule is Cc1ccsc1CC1(C[NH+]2C[C@H]3C[C@H](C2)c2cccc(=O)n2C3)C(=O)N(C)C(=O)N(C)C1=O. The number of hydrogen-bond acceptors (Lipinski definition) is 5. The number of nitrogens with zero attached hydrogens (tertiary/aromatic N) is 3. The van der Waals surface area contributed by atoms with Gasteiger partial charge in [-0.15, -0.1) is 11.3 Å². The van der Waals surface area contributed by atoms with Gasteiger partial charge in [0.1, 0.15) is 6.54 Å². The molecule has 0 radical (unpaired) electrons. The summed E-state index contributed by atoms with van der Waals surface area (Å²) < 4.78 is 1.89. The molecule has 3 aliphatic rings. The van der Waals surface area contributed by atoms with Crippen LogP contribution in [0, 0.1) is 18.3 Å². The van der Waals surface area contributed by atoms with Crippen molar-refractivity contribution in [1.29, 1.82) is 0 Å². The van der Waals surface area contributed by atoms with Crippen LogP contribution in [0.2, 0.25) is 0 Å². The first kappa shape index (κ1) is 22.0. The van der Waals surface area contributed by atoms with E-state index in [2.05, 4.69) is 0 Å². The van der Waals surface area contributed by atoms with E-state index in [4.69, 9.17) is 0 Å². The first-order valence-electron chi connectivity index (χ1n) is 11.4. The molecule has 1 unspecified atom stereocenters. The zero-order valence-corrected chi connectivity index (χ0v) is 20.0. The number of quaternary nitrogens is 1. The van der Waals surface area contributed by atoms with Crippen molar-refractivity contribution in [3.8, 4) is 0 Å². The van der Waals surface area contributed by atoms with Crippen LogP contribution in [0.15, 0.2) is 34.4 Å². The van der Waals surface area contributed by atoms with E-state index < -0.39 is 23.3 Å². The van der Waals surface area contributed by atoms with Crippen LogP contribution >= 0.6 is 11.3 Å². The highest BCUT2D eigenvalue weighted by Crippen LogP contribution is 2.35. The summed E-state index contributed by atoms with van der Waals surface area (Å²) in [6.07, 6.45) is 1.31. The highest BCUT2D eigenvalue weighted by Gasteiger charge is 2.58. The number of carbonyl (C=O) groups is 3. The van der Waals surface area contributed by atoms with Crippen LogP contribution in [-0.4, -0.2) is 65.9 Å². The van der Waals surface area contributed by atoms with Gasteiger partial charge < -0.3 is 9.47 Å². The zero-order chi connectivity index (χ0) is 23.5. The van der Waals surface area contributed by atoms with E-state index in [0.717, 1.165) is 45.4 Å². The van der Waals surface area contributed by atoms with Crippen molar-refractivity contribution >= 4 is 29.2 Å². The van der Waals surface area contributed by atoms with Gasteiger partial charge in [0.2, 0.25) is 0 Å². The second-order valence-electron chi connectivity index (χ2n) is 9.83. The maximum atomic E-state index is 13.6. The highest BCUT2D eigenvalue weighted by atomic mass is 32.1. The average molecular weight is 470 g/mol. The minimum atomic E-state index is -1.32. The van der Waals surface area contributed by atoms with E-state index in [-0.39, 0.29) is 11.5 Å². The average Bonchev–Trinajstić information content (AvgIpc) is 3.20. The molecule has 2 bridgehead atoms. The number of hydrogen-bond donors (Lipinski definition) is 1. The number of likely N-dealkylation sites (tertiary alicyclic amines) is 1. The Morgan fingerprint density at radius 3 is 2.45 bits per heavy atom. The number of fused-ring (bicyclic) bond motifs is 4. The Morgan fingerprint density at radius 1 is 1.06 bits per heavy atom. The fourth-order valence-corrected chi connectivity index (χ4v) is 7.07. The van der Waals surface area contributed by atoms with E-state index in [9.17, 15) is 19.2 Å². The number of pyridine rings is 1. The summed E-state index contributed by atoms with van der Waals surface area (Å²) in [7, 11) is 2.93. The number of urea groups is 1. The van der Waals surface area contributed by atoms with Crippen LogP contribution in [-0.2, 0) is 22.6 Å². The van der Waals surface area contributed by atoms with Gasteiger partial charge in [-0.2, -0.15) is 0 Å². The van der Waals surface area contributed by atoms with Gasteiger partial charge in [0.05, 0.1) is 13.1 Å². The lowest BCUT2D eigenvalue weighted by atomic mass is 9.76. The quantitative estimate of drug-likeness (QED) is 0.661. The molecule has 0 saturated carbocycles. The van der Waals surface area contributed by atoms with E-state index in [1.54, 1.807) is 17.4 Å². The first-order chi connectivity index (χ1) is 15.7. The molecule has 5 rings (SSSR count). The van der Waals surface area contributed by atoms with Crippen molar-refractivity contribution in [3.05, 3.63) is 56.1 Å². The molecule has 2 saturated heterocycles. The molecule has 0 spiro atoms. The molecule has 174 valence electrons. The normalized spacial score (nSPS) is 26.5. The number of piperidine rings is 1. The molecule has 8 nitrogen and oxygen atoms in total. The molecule has 3 aliphatic heterocycles. The number of amides is 4. The largest absolute Gasteiger partial charge is 0.333 e. The molecule has 3 atom stereocenters. The molecule has 0 aliphatic carbocycles. The maximum absolute atomic E-state index is 13.6. The molecular formula is C24H29N4O4S+. The van der Waals surface area contributed by atoms with E-state index in [1.165, 1.54) is 19.0 Å². The van der Waals surface area contributed by atoms with E-state index >= 15 is 0 Å². The van der Waals surface area contributed by atoms with Crippen LogP contribution in [0.3, 0.4) is 0 Å². The lowest BCUT2D eigenvalue weighted by Crippen LogP contribution is -3.16. The van der Waals surface area contributed by atoms with Crippen molar-refractivity contribution < 1.29 is 19.3 Å². The number of imide groups is 2. The van der Waals surface area contributed by atoms with Gasteiger partial charge in [0.15, 0.2) is 5.41 Å². The summed E-state index contributed by atoms with van der Waals surface area (Å²) in [5.74, 6) is -0.294. The molecular weight excluding hydrogens is 440 g/mol. The standard InChI is InChI=1S/C24H28N4O4S/c1-15-7-8-33-19(15)10-24(21(30)25(2)23(32)26(3)22(24)31)14-27-11-16-9-17(13-27)18-5-4-6-20(29)28(18)12-16/h4-8,16-17H,9-14H2,1-3H3/p+1/t16-,17-/m1/s1. The van der Waals surface area contributed by atoms with Crippen LogP contribution in [0.1, 0.15) is 28.5 Å². The van der Waals surface area contributed by atoms with Gasteiger partial charge in [0, 0.05) is 55.5 Å². The van der Waals surface area contributed by atoms with E-state index in [1.807, 2.05) is 35.1 Å². The Hall–Kier alpha value is -2.78. The van der Waals surface area contributed by atoms with Crippen LogP contribution in [0.4, 0.5) is 4.79 Å². The van der Waals surface area contributed by atoms with Gasteiger partial charge >= 0.3 is 6.03 Å². The summed E-state index contributed by atoms with van der Waals surface area (Å²) in [5, 5.41) is 1.97. The summed E-state index contributed by atoms with van der Waals surface area (Å²) >= 11 is 1.55. The third-order valence-corrected chi connectivity index (χ3v) is 8.68. The minimum absolute atomic E-state index is 0.0367. The minimum Gasteiger partial charge on any atom is -0.333 e. The molecule has 2 fully saturated rings. The van der Waals surface area contributed by atoms with Crippen molar-refractivity contribution in [3.63, 3.8) is 0 Å². The Morgan fingerprint density at radius 2 is 1.79 bits per heavy atom. The number of aryl methyl sites for hydroxylation is 1. The number of carbonyl (C=O) groups excluding carboxylic acids is 3. The number of nitrogens with one attached hydrogen (secondary N) is 1. The Balaban J connectivity index is 1.50. The second-order valence-corrected chi connectivity index (χ2v) is 10.8. The summed E-state index contributed by atoms with van der Waals surface area (Å²) in [5.41, 5.74) is 0.824. The van der Waals surface area contributed by atoms with Gasteiger partial charge in [0.25, 0.3) is 17.4 Å². The van der Waals surface area contributed by atoms with Crippen molar-refractivity contribution in [2.75, 3.05) is 33.7 Å². The van der Waals surface area contributed by atoms with Crippen molar-refractivity contribution in [1.82, 2.24) is 14.4 Å². The molecule has 33 heavy (non-hydrogen) atoms. The molecule has 4 amide bonds. The Labute approximate surface area is 196 Å². The Bertz CT molecular complexity index is 1180. The monoisotopic (exact) mass is 469 g/mol. The summed E-state index contributed by atoms with van der Waals surface area (Å²) in [6.45, 7) is 4.56. The predicted molar refractivity (Wildman–Crippen MR) is 123 cm³/mol. The fraction of sp³-hybridized carbons (Fsp3) is 0.500. The number of aromatic nitrogens is 1. The lowest BCUT2D eigenvalue weighted by Gasteiger charge is -2.46. The van der Waals surface area contributed by atoms with Crippen molar-refractivity contribution in [2.24, 2.45) is 11.3 Å². The fourth-order valence-electron chi connectivity index (χ4n) is 6.05. The van der Waals surface area contributed by atoms with Gasteiger partial charge in [-0.1, -0.05) is 6.07 Å². The highest BCUT2D eigenvalue weighted by molar-refractivity contribution is 7.10. The van der Waals surface area contributed by atoms with Crippen LogP contribution in [0.5, 0.6) is 0 Å². The van der Waals surface area contributed by atoms with Gasteiger partial charge in [-0.3, -0.25) is 24.2 Å². The van der Waals surface area contributed by atoms with Crippen molar-refractivity contribution in [2.45, 2.75) is 32.2 Å². The zero-order valence-electron chi connectivity index (χ0n) is 19.2. The number of rotatable bonds is 4. The number of thiophene rings is 1. The lowest BCUT2D eigenvalue weighted by molar-refractivity contribution is -0.915. The van der Waals surface area contributed by atoms with Crippen LogP contribution in [0.25, 0.3) is 0 Å². The predicted octanol–water partition coefficient (Wildman–Crippen LogP) is 0.500. The third-order valence-electron chi connectivity index (χ3n) is 7.66. The third kappa shape index (κ3) is 3.45. The summed E-state index contributed by atoms with van der Waals surface area (Å²) in [6, 6.07) is 6.86. The Kier molecular flexibility index (Phi) is 5.29. The first-order valence-corrected chi connectivity index (χ1v) is 12.3. The molecule has 1 N–H and O–H groups in total. The molecule has 5 heterocycles. The topological polar surface area (TPSA) is 84.1 Å². The summed E-state index contributed by atoms with van der Waals surface area (Å²) in [4.78, 5) is 56.5. The van der Waals surface area contributed by atoms with Gasteiger partial charge in [-0.05, 0) is 36.4 Å². The molecule has 2 aromatic heterocycles. The van der Waals surface area contributed by atoms with Crippen LogP contribution < -0.4 is 10.5 Å². The second kappa shape index (κ2) is 7.92. The maximum Gasteiger partial charge on any atom is 0.332 e.